The molecule has 2 aromatic heterocycles. The highest BCUT2D eigenvalue weighted by Gasteiger charge is 2.25. The van der Waals surface area contributed by atoms with Gasteiger partial charge < -0.3 is 14.6 Å². The van der Waals surface area contributed by atoms with Crippen LogP contribution in [0, 0.1) is 5.82 Å². The molecular weight excluding hydrogens is 429 g/mol. The summed E-state index contributed by atoms with van der Waals surface area (Å²) in [5, 5.41) is 3.68. The summed E-state index contributed by atoms with van der Waals surface area (Å²) in [5.74, 6) is 1.48. The Morgan fingerprint density at radius 3 is 2.50 bits per heavy atom. The monoisotopic (exact) mass is 459 g/mol. The van der Waals surface area contributed by atoms with Crippen molar-refractivity contribution in [2.45, 2.75) is 38.4 Å². The minimum Gasteiger partial charge on any atom is -0.497 e. The zero-order valence-corrected chi connectivity index (χ0v) is 19.6. The third kappa shape index (κ3) is 4.75. The average Bonchev–Trinajstić information content (AvgIpc) is 3.22. The van der Waals surface area contributed by atoms with Gasteiger partial charge in [0.2, 0.25) is 5.95 Å². The molecule has 0 aliphatic carbocycles. The van der Waals surface area contributed by atoms with Gasteiger partial charge in [-0.1, -0.05) is 24.3 Å². The number of fused-ring (bicyclic) bond motifs is 1. The van der Waals surface area contributed by atoms with Gasteiger partial charge in [-0.25, -0.2) is 9.37 Å². The Labute approximate surface area is 199 Å². The van der Waals surface area contributed by atoms with Gasteiger partial charge in [0, 0.05) is 31.4 Å². The molecule has 1 N–H and O–H groups in total. The van der Waals surface area contributed by atoms with Gasteiger partial charge in [0.15, 0.2) is 5.65 Å². The highest BCUT2D eigenvalue weighted by atomic mass is 19.1. The molecule has 1 fully saturated rings. The maximum atomic E-state index is 13.4. The third-order valence-corrected chi connectivity index (χ3v) is 6.79. The average molecular weight is 460 g/mol. The number of imidazole rings is 1. The van der Waals surface area contributed by atoms with Gasteiger partial charge in [-0.05, 0) is 67.3 Å². The van der Waals surface area contributed by atoms with Crippen molar-refractivity contribution in [1.29, 1.82) is 0 Å². The molecule has 0 radical (unpaired) electrons. The zero-order valence-electron chi connectivity index (χ0n) is 19.6. The van der Waals surface area contributed by atoms with E-state index in [1.807, 2.05) is 36.4 Å². The maximum absolute atomic E-state index is 13.4. The number of hydrogen-bond donors (Lipinski definition) is 1. The molecule has 0 spiro atoms. The quantitative estimate of drug-likeness (QED) is 0.408. The normalized spacial score (nSPS) is 16.0. The van der Waals surface area contributed by atoms with Crippen LogP contribution < -0.4 is 10.1 Å². The lowest BCUT2D eigenvalue weighted by atomic mass is 10.00. The van der Waals surface area contributed by atoms with E-state index in [9.17, 15) is 4.39 Å². The molecule has 1 atom stereocenters. The van der Waals surface area contributed by atoms with Crippen LogP contribution in [0.4, 0.5) is 10.3 Å². The van der Waals surface area contributed by atoms with Crippen LogP contribution in [0.2, 0.25) is 0 Å². The number of benzene rings is 2. The number of anilines is 1. The fourth-order valence-corrected chi connectivity index (χ4v) is 4.71. The number of pyridine rings is 1. The van der Waals surface area contributed by atoms with Crippen molar-refractivity contribution in [1.82, 2.24) is 19.4 Å². The molecule has 1 saturated heterocycles. The van der Waals surface area contributed by atoms with Crippen molar-refractivity contribution in [3.63, 3.8) is 0 Å². The lowest BCUT2D eigenvalue weighted by Crippen LogP contribution is -2.40. The summed E-state index contributed by atoms with van der Waals surface area (Å²) in [6.45, 7) is 4.91. The molecule has 1 aliphatic rings. The number of likely N-dealkylation sites (tertiary alicyclic amines) is 1. The first-order valence-electron chi connectivity index (χ1n) is 11.8. The van der Waals surface area contributed by atoms with E-state index in [4.69, 9.17) is 9.72 Å². The molecule has 5 rings (SSSR count). The topological polar surface area (TPSA) is 55.2 Å². The molecule has 7 heteroatoms. The van der Waals surface area contributed by atoms with Crippen LogP contribution in [-0.4, -0.2) is 45.7 Å². The second-order valence-corrected chi connectivity index (χ2v) is 8.90. The van der Waals surface area contributed by atoms with Crippen molar-refractivity contribution < 1.29 is 9.13 Å². The Morgan fingerprint density at radius 1 is 1.06 bits per heavy atom. The first kappa shape index (κ1) is 22.3. The molecule has 0 saturated carbocycles. The fraction of sp³-hybridized carbons (Fsp3) is 0.333. The molecule has 0 amide bonds. The molecule has 3 heterocycles. The minimum atomic E-state index is -0.227. The molecule has 0 bridgehead atoms. The Hall–Kier alpha value is -3.45. The fourth-order valence-electron chi connectivity index (χ4n) is 4.71. The van der Waals surface area contributed by atoms with E-state index in [1.54, 1.807) is 13.3 Å². The standard InChI is InChI=1S/C27H30FN5O/c1-19(21-7-11-24(34-2)12-8-21)32-16-13-23(14-17-32)30-27-31-26-25(4-3-15-29-26)33(27)18-20-5-9-22(28)10-6-20/h3-12,15,19,23H,13-14,16-18H2,1-2H3,(H,29,30,31). The predicted molar refractivity (Wildman–Crippen MR) is 133 cm³/mol. The van der Waals surface area contributed by atoms with Crippen molar-refractivity contribution in [3.05, 3.63) is 83.8 Å². The molecule has 1 aliphatic heterocycles. The van der Waals surface area contributed by atoms with Gasteiger partial charge in [0.05, 0.1) is 19.2 Å². The summed E-state index contributed by atoms with van der Waals surface area (Å²) >= 11 is 0. The summed E-state index contributed by atoms with van der Waals surface area (Å²) in [7, 11) is 1.69. The number of piperidine rings is 1. The Kier molecular flexibility index (Phi) is 6.45. The minimum absolute atomic E-state index is 0.227. The SMILES string of the molecule is COc1ccc(C(C)N2CCC(Nc3nc4ncccc4n3Cc3ccc(F)cc3)CC2)cc1. The smallest absolute Gasteiger partial charge is 0.205 e. The van der Waals surface area contributed by atoms with Gasteiger partial charge in [0.1, 0.15) is 11.6 Å². The Bertz CT molecular complexity index is 1230. The van der Waals surface area contributed by atoms with Crippen LogP contribution in [-0.2, 0) is 6.54 Å². The van der Waals surface area contributed by atoms with Crippen LogP contribution in [0.25, 0.3) is 11.2 Å². The molecule has 176 valence electrons. The van der Waals surface area contributed by atoms with E-state index in [0.717, 1.165) is 54.4 Å². The van der Waals surface area contributed by atoms with Crippen LogP contribution in [0.5, 0.6) is 5.75 Å². The van der Waals surface area contributed by atoms with Gasteiger partial charge in [-0.3, -0.25) is 4.90 Å². The van der Waals surface area contributed by atoms with Gasteiger partial charge in [-0.15, -0.1) is 0 Å². The first-order chi connectivity index (χ1) is 16.6. The highest BCUT2D eigenvalue weighted by Crippen LogP contribution is 2.28. The number of ether oxygens (including phenoxy) is 1. The summed E-state index contributed by atoms with van der Waals surface area (Å²) in [5.41, 5.74) is 4.02. The largest absolute Gasteiger partial charge is 0.497 e. The second kappa shape index (κ2) is 9.81. The first-order valence-corrected chi connectivity index (χ1v) is 11.8. The van der Waals surface area contributed by atoms with E-state index in [2.05, 4.69) is 38.8 Å². The number of hydrogen-bond acceptors (Lipinski definition) is 5. The van der Waals surface area contributed by atoms with Crippen molar-refractivity contribution >= 4 is 17.1 Å². The molecule has 2 aromatic carbocycles. The van der Waals surface area contributed by atoms with Crippen molar-refractivity contribution in [2.24, 2.45) is 0 Å². The van der Waals surface area contributed by atoms with E-state index >= 15 is 0 Å². The number of rotatable bonds is 7. The molecular formula is C27H30FN5O. The molecule has 34 heavy (non-hydrogen) atoms. The van der Waals surface area contributed by atoms with Gasteiger partial charge in [0.25, 0.3) is 0 Å². The highest BCUT2D eigenvalue weighted by molar-refractivity contribution is 5.74. The number of nitrogens with one attached hydrogen (secondary N) is 1. The van der Waals surface area contributed by atoms with Gasteiger partial charge in [-0.2, -0.15) is 4.98 Å². The summed E-state index contributed by atoms with van der Waals surface area (Å²) < 4.78 is 20.8. The number of methoxy groups -OCH3 is 1. The summed E-state index contributed by atoms with van der Waals surface area (Å²) in [4.78, 5) is 11.8. The van der Waals surface area contributed by atoms with Crippen LogP contribution >= 0.6 is 0 Å². The second-order valence-electron chi connectivity index (χ2n) is 8.90. The van der Waals surface area contributed by atoms with Crippen molar-refractivity contribution in [2.75, 3.05) is 25.5 Å². The van der Waals surface area contributed by atoms with Crippen LogP contribution in [0.15, 0.2) is 66.9 Å². The van der Waals surface area contributed by atoms with Crippen LogP contribution in [0.1, 0.15) is 36.9 Å². The molecule has 6 nitrogen and oxygen atoms in total. The van der Waals surface area contributed by atoms with E-state index in [1.165, 1.54) is 17.7 Å². The number of halogens is 1. The Morgan fingerprint density at radius 2 is 1.79 bits per heavy atom. The summed E-state index contributed by atoms with van der Waals surface area (Å²) in [6, 6.07) is 19.6. The number of nitrogens with zero attached hydrogens (tertiary/aromatic N) is 4. The molecule has 1 unspecified atom stereocenters. The van der Waals surface area contributed by atoms with E-state index in [0.29, 0.717) is 18.6 Å². The lowest BCUT2D eigenvalue weighted by molar-refractivity contribution is 0.167. The summed E-state index contributed by atoms with van der Waals surface area (Å²) in [6.07, 6.45) is 3.84. The van der Waals surface area contributed by atoms with E-state index < -0.39 is 0 Å². The number of aromatic nitrogens is 3. The third-order valence-electron chi connectivity index (χ3n) is 6.79. The maximum Gasteiger partial charge on any atom is 0.205 e. The van der Waals surface area contributed by atoms with Crippen molar-refractivity contribution in [3.8, 4) is 5.75 Å². The van der Waals surface area contributed by atoms with Gasteiger partial charge >= 0.3 is 0 Å². The van der Waals surface area contributed by atoms with E-state index in [-0.39, 0.29) is 5.82 Å². The van der Waals surface area contributed by atoms with Crippen LogP contribution in [0.3, 0.4) is 0 Å². The predicted octanol–water partition coefficient (Wildman–Crippen LogP) is 5.26. The molecule has 4 aromatic rings. The Balaban J connectivity index is 1.28. The zero-order chi connectivity index (χ0) is 23.5. The lowest BCUT2D eigenvalue weighted by Gasteiger charge is -2.36.